The van der Waals surface area contributed by atoms with Gasteiger partial charge in [-0.15, -0.1) is 0 Å². The van der Waals surface area contributed by atoms with Crippen molar-refractivity contribution in [2.24, 2.45) is 0 Å². The summed E-state index contributed by atoms with van der Waals surface area (Å²) in [6.07, 6.45) is 1.24. The second-order valence-corrected chi connectivity index (χ2v) is 12.3. The van der Waals surface area contributed by atoms with E-state index in [9.17, 15) is 50.2 Å². The smallest absolute Gasteiger partial charge is 0.335 e. The zero-order valence-electron chi connectivity index (χ0n) is 23.0. The molecule has 2 saturated heterocycles. The highest BCUT2D eigenvalue weighted by Crippen LogP contribution is 2.36. The topological polar surface area (TPSA) is 127 Å². The molecule has 2 aliphatic heterocycles. The Morgan fingerprint density at radius 1 is 0.911 bits per heavy atom. The van der Waals surface area contributed by atoms with E-state index in [1.165, 1.54) is 0 Å². The Kier molecular flexibility index (Phi) is 8.83. The van der Waals surface area contributed by atoms with Gasteiger partial charge in [0.15, 0.2) is 28.2 Å². The van der Waals surface area contributed by atoms with Crippen LogP contribution in [0.2, 0.25) is 0 Å². The Balaban J connectivity index is 1.52. The van der Waals surface area contributed by atoms with Gasteiger partial charge < -0.3 is 19.8 Å². The number of benzene rings is 3. The lowest BCUT2D eigenvalue weighted by molar-refractivity contribution is -0.268. The van der Waals surface area contributed by atoms with Gasteiger partial charge in [0.05, 0.1) is 17.8 Å². The minimum absolute atomic E-state index is 0.199. The molecule has 2 aliphatic rings. The van der Waals surface area contributed by atoms with E-state index >= 15 is 4.39 Å². The van der Waals surface area contributed by atoms with Crippen LogP contribution in [0.15, 0.2) is 41.3 Å². The molecule has 1 amide bonds. The Labute approximate surface area is 252 Å². The second kappa shape index (κ2) is 12.3. The van der Waals surface area contributed by atoms with Crippen molar-refractivity contribution in [2.45, 2.75) is 42.7 Å². The maximum absolute atomic E-state index is 15.3. The molecule has 240 valence electrons. The summed E-state index contributed by atoms with van der Waals surface area (Å²) in [7, 11) is -5.52. The lowest BCUT2D eigenvalue weighted by Crippen LogP contribution is -2.59. The van der Waals surface area contributed by atoms with Gasteiger partial charge in [-0.25, -0.2) is 39.6 Å². The van der Waals surface area contributed by atoms with Crippen LogP contribution in [0.4, 0.5) is 32.0 Å². The molecule has 45 heavy (non-hydrogen) atoms. The molecule has 3 aromatic rings. The zero-order chi connectivity index (χ0) is 32.8. The largest absolute Gasteiger partial charge is 0.872 e. The highest BCUT2D eigenvalue weighted by atomic mass is 32.2. The molecule has 0 aromatic heterocycles. The van der Waals surface area contributed by atoms with Gasteiger partial charge in [0.2, 0.25) is 21.7 Å². The van der Waals surface area contributed by atoms with Crippen LogP contribution in [0.5, 0.6) is 5.75 Å². The highest BCUT2D eigenvalue weighted by molar-refractivity contribution is 7.89. The first-order chi connectivity index (χ1) is 21.2. The van der Waals surface area contributed by atoms with Gasteiger partial charge in [-0.3, -0.25) is 4.79 Å². The van der Waals surface area contributed by atoms with Crippen LogP contribution in [0, 0.1) is 34.9 Å². The number of hydrogen-bond donors (Lipinski definition) is 1. The third-order valence-corrected chi connectivity index (χ3v) is 9.77. The van der Waals surface area contributed by atoms with Crippen LogP contribution in [0.25, 0.3) is 0 Å². The summed E-state index contributed by atoms with van der Waals surface area (Å²) in [5, 5.41) is 21.7. The molecule has 0 radical (unpaired) electrons. The van der Waals surface area contributed by atoms with E-state index in [1.54, 1.807) is 24.3 Å². The first-order valence-electron chi connectivity index (χ1n) is 13.5. The number of amides is 1. The summed E-state index contributed by atoms with van der Waals surface area (Å²) < 4.78 is 117. The molecule has 2 heterocycles. The van der Waals surface area contributed by atoms with Crippen molar-refractivity contribution in [1.82, 2.24) is 4.31 Å². The third kappa shape index (κ3) is 5.84. The summed E-state index contributed by atoms with van der Waals surface area (Å²) in [6, 6.07) is 5.86. The van der Waals surface area contributed by atoms with Crippen molar-refractivity contribution in [3.63, 3.8) is 0 Å². The molecule has 0 unspecified atom stereocenters. The van der Waals surface area contributed by atoms with E-state index < -0.39 is 97.8 Å². The van der Waals surface area contributed by atoms with Crippen LogP contribution < -0.4 is 10.0 Å². The fourth-order valence-electron chi connectivity index (χ4n) is 5.31. The normalized spacial score (nSPS) is 17.6. The number of halogens is 6. The number of nitrogens with zero attached hydrogens (tertiary/aromatic N) is 2. The summed E-state index contributed by atoms with van der Waals surface area (Å²) in [5.74, 6) is -18.1. The molecule has 1 N–H and O–H groups in total. The molecule has 0 bridgehead atoms. The first-order valence-corrected chi connectivity index (χ1v) is 14.9. The Morgan fingerprint density at radius 3 is 2.02 bits per heavy atom. The molecule has 3 aromatic carbocycles. The number of carboxylic acid groups (broad SMARTS) is 1. The van der Waals surface area contributed by atoms with E-state index in [-0.39, 0.29) is 16.6 Å². The van der Waals surface area contributed by atoms with Crippen LogP contribution in [-0.2, 0) is 26.1 Å². The number of rotatable bonds is 8. The number of carboxylic acids is 1. The zero-order valence-corrected chi connectivity index (χ0v) is 23.9. The molecular formula is C29H23F6N2O7S-. The molecule has 5 rings (SSSR count). The molecule has 16 heteroatoms. The Morgan fingerprint density at radius 2 is 1.49 bits per heavy atom. The van der Waals surface area contributed by atoms with Crippen molar-refractivity contribution in [3.05, 3.63) is 88.0 Å². The molecular weight excluding hydrogens is 634 g/mol. The summed E-state index contributed by atoms with van der Waals surface area (Å²) in [6.45, 7) is 0.106. The summed E-state index contributed by atoms with van der Waals surface area (Å²) >= 11 is 0. The number of aromatic carboxylic acids is 1. The first kappa shape index (κ1) is 32.2. The van der Waals surface area contributed by atoms with Crippen LogP contribution in [0.3, 0.4) is 0 Å². The number of sulfonamides is 1. The molecule has 0 aliphatic carbocycles. The molecule has 0 spiro atoms. The maximum atomic E-state index is 15.3. The van der Waals surface area contributed by atoms with Crippen LogP contribution >= 0.6 is 0 Å². The monoisotopic (exact) mass is 657 g/mol. The Bertz CT molecular complexity index is 1750. The summed E-state index contributed by atoms with van der Waals surface area (Å²) in [5.41, 5.74) is -0.327. The van der Waals surface area contributed by atoms with Gasteiger partial charge in [-0.05, 0) is 48.4 Å². The molecule has 0 saturated carbocycles. The fraction of sp³-hybridized carbons (Fsp3) is 0.310. The van der Waals surface area contributed by atoms with Crippen molar-refractivity contribution in [1.29, 1.82) is 0 Å². The van der Waals surface area contributed by atoms with Crippen molar-refractivity contribution >= 4 is 27.6 Å². The molecule has 2 fully saturated rings. The predicted octanol–water partition coefficient (Wildman–Crippen LogP) is 4.18. The lowest BCUT2D eigenvalue weighted by atomic mass is 9.91. The standard InChI is InChI=1S/C29H24F6N2O7S/c30-18-11-17(29(40)41)21(38)12-20(18)36(13-14-1-3-15(4-2-14)16-6-9-44-10-7-16)28(39)19-5-8-37(19)45(42,43)27-25(34)23(32)22(31)24(33)26(27)35/h1-4,11-12,16,19,38H,5-10,13H2,(H,40,41)/p-1/t19-/m1/s1. The van der Waals surface area contributed by atoms with Crippen molar-refractivity contribution in [3.8, 4) is 5.75 Å². The molecule has 1 atom stereocenters. The third-order valence-electron chi connectivity index (χ3n) is 7.84. The number of ether oxygens (including phenoxy) is 1. The molecule has 9 nitrogen and oxygen atoms in total. The van der Waals surface area contributed by atoms with Crippen molar-refractivity contribution < 1.29 is 59.3 Å². The van der Waals surface area contributed by atoms with E-state index in [2.05, 4.69) is 0 Å². The minimum atomic E-state index is -5.52. The SMILES string of the molecule is O=C(O)c1cc(F)c(N(Cc2ccc(C3CCOCC3)cc2)C(=O)[C@H]2CCN2S(=O)(=O)c2c(F)c(F)c(F)c(F)c2F)cc1[O-]. The van der Waals surface area contributed by atoms with Crippen molar-refractivity contribution in [2.75, 3.05) is 24.7 Å². The van der Waals surface area contributed by atoms with Gasteiger partial charge in [0, 0.05) is 19.8 Å². The number of hydrogen-bond acceptors (Lipinski definition) is 6. The Hall–Kier alpha value is -4.15. The minimum Gasteiger partial charge on any atom is -0.872 e. The van der Waals surface area contributed by atoms with Crippen LogP contribution in [-0.4, -0.2) is 55.5 Å². The van der Waals surface area contributed by atoms with Gasteiger partial charge in [0.1, 0.15) is 11.9 Å². The second-order valence-electron chi connectivity index (χ2n) is 10.5. The highest BCUT2D eigenvalue weighted by Gasteiger charge is 2.48. The van der Waals surface area contributed by atoms with Gasteiger partial charge in [-0.1, -0.05) is 30.0 Å². The lowest BCUT2D eigenvalue weighted by Gasteiger charge is -2.41. The van der Waals surface area contributed by atoms with E-state index in [0.29, 0.717) is 35.8 Å². The van der Waals surface area contributed by atoms with E-state index in [1.807, 2.05) is 0 Å². The number of carbonyl (C=O) groups is 2. The average Bonchev–Trinajstić information content (AvgIpc) is 2.98. The van der Waals surface area contributed by atoms with Gasteiger partial charge in [-0.2, -0.15) is 4.31 Å². The summed E-state index contributed by atoms with van der Waals surface area (Å²) in [4.78, 5) is 23.7. The van der Waals surface area contributed by atoms with E-state index in [0.717, 1.165) is 18.4 Å². The van der Waals surface area contributed by atoms with Gasteiger partial charge in [0.25, 0.3) is 0 Å². The average molecular weight is 658 g/mol. The van der Waals surface area contributed by atoms with Gasteiger partial charge >= 0.3 is 5.97 Å². The predicted molar refractivity (Wildman–Crippen MR) is 142 cm³/mol. The maximum Gasteiger partial charge on any atom is 0.335 e. The number of anilines is 1. The number of carbonyl (C=O) groups excluding carboxylic acids is 1. The fourth-order valence-corrected chi connectivity index (χ4v) is 7.06. The van der Waals surface area contributed by atoms with Crippen LogP contribution in [0.1, 0.15) is 46.7 Å². The quantitative estimate of drug-likeness (QED) is 0.219. The van der Waals surface area contributed by atoms with E-state index in [4.69, 9.17) is 4.74 Å².